The zero-order chi connectivity index (χ0) is 13.5. The molecular formula is C14H18N4O. The molecule has 0 atom stereocenters. The van der Waals surface area contributed by atoms with Crippen molar-refractivity contribution in [2.45, 2.75) is 32.9 Å². The first-order valence-corrected chi connectivity index (χ1v) is 6.47. The van der Waals surface area contributed by atoms with Gasteiger partial charge < -0.3 is 5.32 Å². The Bertz CT molecular complexity index is 521. The maximum atomic E-state index is 11.3. The fraction of sp³-hybridized carbons (Fsp3) is 0.357. The minimum Gasteiger partial charge on any atom is -0.350 e. The van der Waals surface area contributed by atoms with Crippen molar-refractivity contribution in [3.8, 4) is 0 Å². The topological polar surface area (TPSA) is 59.8 Å². The van der Waals surface area contributed by atoms with Crippen molar-refractivity contribution in [1.29, 1.82) is 0 Å². The molecule has 0 unspecified atom stereocenters. The molecule has 1 amide bonds. The lowest BCUT2D eigenvalue weighted by molar-refractivity contribution is -0.121. The number of nitrogens with zero attached hydrogens (tertiary/aromatic N) is 3. The zero-order valence-electron chi connectivity index (χ0n) is 11.0. The highest BCUT2D eigenvalue weighted by Gasteiger charge is 2.04. The van der Waals surface area contributed by atoms with Crippen LogP contribution in [0.4, 0.5) is 0 Å². The summed E-state index contributed by atoms with van der Waals surface area (Å²) in [7, 11) is 0. The van der Waals surface area contributed by atoms with Gasteiger partial charge in [-0.05, 0) is 12.0 Å². The van der Waals surface area contributed by atoms with Crippen molar-refractivity contribution in [1.82, 2.24) is 20.3 Å². The van der Waals surface area contributed by atoms with E-state index in [1.807, 2.05) is 43.5 Å². The van der Waals surface area contributed by atoms with E-state index in [1.54, 1.807) is 4.68 Å². The van der Waals surface area contributed by atoms with Gasteiger partial charge in [0.05, 0.1) is 19.3 Å². The average Bonchev–Trinajstić information content (AvgIpc) is 2.86. The summed E-state index contributed by atoms with van der Waals surface area (Å²) in [6.45, 7) is 3.11. The molecule has 0 bridgehead atoms. The van der Waals surface area contributed by atoms with E-state index in [2.05, 4.69) is 15.6 Å². The molecule has 1 heterocycles. The summed E-state index contributed by atoms with van der Waals surface area (Å²) in [5.74, 6) is 0.0557. The summed E-state index contributed by atoms with van der Waals surface area (Å²) >= 11 is 0. The van der Waals surface area contributed by atoms with Crippen LogP contribution in [0.25, 0.3) is 0 Å². The van der Waals surface area contributed by atoms with Gasteiger partial charge in [-0.2, -0.15) is 0 Å². The normalized spacial score (nSPS) is 10.4. The van der Waals surface area contributed by atoms with Gasteiger partial charge in [0.25, 0.3) is 0 Å². The van der Waals surface area contributed by atoms with Crippen LogP contribution < -0.4 is 5.32 Å². The molecule has 1 aromatic heterocycles. The molecule has 0 saturated heterocycles. The van der Waals surface area contributed by atoms with E-state index in [9.17, 15) is 4.79 Å². The molecule has 100 valence electrons. The van der Waals surface area contributed by atoms with Crippen LogP contribution in [0.15, 0.2) is 36.5 Å². The van der Waals surface area contributed by atoms with Gasteiger partial charge in [-0.3, -0.25) is 4.79 Å². The second-order valence-corrected chi connectivity index (χ2v) is 4.42. The van der Waals surface area contributed by atoms with Crippen molar-refractivity contribution in [2.75, 3.05) is 0 Å². The number of hydrogen-bond donors (Lipinski definition) is 1. The lowest BCUT2D eigenvalue weighted by Gasteiger charge is -2.01. The third-order valence-corrected chi connectivity index (χ3v) is 2.72. The number of amides is 1. The lowest BCUT2D eigenvalue weighted by atomic mass is 10.2. The molecular weight excluding hydrogens is 240 g/mol. The Hall–Kier alpha value is -2.17. The van der Waals surface area contributed by atoms with Crippen molar-refractivity contribution in [3.63, 3.8) is 0 Å². The minimum atomic E-state index is 0.0557. The second-order valence-electron chi connectivity index (χ2n) is 4.42. The maximum absolute atomic E-state index is 11.3. The van der Waals surface area contributed by atoms with Crippen LogP contribution >= 0.6 is 0 Å². The van der Waals surface area contributed by atoms with Crippen molar-refractivity contribution in [3.05, 3.63) is 47.8 Å². The molecule has 0 saturated carbocycles. The molecule has 0 aliphatic carbocycles. The zero-order valence-corrected chi connectivity index (χ0v) is 11.0. The Labute approximate surface area is 112 Å². The molecule has 0 aliphatic rings. The number of rotatable bonds is 6. The third kappa shape index (κ3) is 4.21. The first-order chi connectivity index (χ1) is 9.28. The van der Waals surface area contributed by atoms with Gasteiger partial charge in [-0.1, -0.05) is 42.5 Å². The number of aromatic nitrogens is 3. The number of hydrogen-bond acceptors (Lipinski definition) is 3. The standard InChI is InChI=1S/C14H18N4O/c1-2-6-14(19)15-9-13-11-18(17-16-13)10-12-7-4-3-5-8-12/h3-5,7-8,11H,2,6,9-10H2,1H3,(H,15,19). The van der Waals surface area contributed by atoms with Crippen LogP contribution in [0.1, 0.15) is 31.0 Å². The van der Waals surface area contributed by atoms with Gasteiger partial charge in [0.1, 0.15) is 5.69 Å². The first-order valence-electron chi connectivity index (χ1n) is 6.47. The first kappa shape index (κ1) is 13.3. The SMILES string of the molecule is CCCC(=O)NCc1cn(Cc2ccccc2)nn1. The molecule has 2 aromatic rings. The smallest absolute Gasteiger partial charge is 0.220 e. The summed E-state index contributed by atoms with van der Waals surface area (Å²) in [6.07, 6.45) is 3.27. The van der Waals surface area contributed by atoms with Crippen LogP contribution in [-0.2, 0) is 17.9 Å². The molecule has 5 nitrogen and oxygen atoms in total. The summed E-state index contributed by atoms with van der Waals surface area (Å²) in [5.41, 5.74) is 1.95. The molecule has 19 heavy (non-hydrogen) atoms. The quantitative estimate of drug-likeness (QED) is 0.858. The van der Waals surface area contributed by atoms with E-state index in [-0.39, 0.29) is 5.91 Å². The highest BCUT2D eigenvalue weighted by Crippen LogP contribution is 2.02. The number of benzene rings is 1. The van der Waals surface area contributed by atoms with E-state index >= 15 is 0 Å². The molecule has 0 spiro atoms. The van der Waals surface area contributed by atoms with Gasteiger partial charge in [0.15, 0.2) is 0 Å². The number of carbonyl (C=O) groups excluding carboxylic acids is 1. The fourth-order valence-corrected chi connectivity index (χ4v) is 1.77. The van der Waals surface area contributed by atoms with E-state index < -0.39 is 0 Å². The molecule has 0 radical (unpaired) electrons. The lowest BCUT2D eigenvalue weighted by Crippen LogP contribution is -2.22. The predicted molar refractivity (Wildman–Crippen MR) is 72.3 cm³/mol. The van der Waals surface area contributed by atoms with Crippen molar-refractivity contribution < 1.29 is 4.79 Å². The van der Waals surface area contributed by atoms with E-state index in [0.717, 1.165) is 12.1 Å². The number of carbonyl (C=O) groups is 1. The summed E-state index contributed by atoms with van der Waals surface area (Å²) in [5, 5.41) is 10.9. The van der Waals surface area contributed by atoms with Gasteiger partial charge in [0.2, 0.25) is 5.91 Å². The fourth-order valence-electron chi connectivity index (χ4n) is 1.77. The van der Waals surface area contributed by atoms with Crippen LogP contribution in [0, 0.1) is 0 Å². The monoisotopic (exact) mass is 258 g/mol. The van der Waals surface area contributed by atoms with Crippen LogP contribution in [0.5, 0.6) is 0 Å². The summed E-state index contributed by atoms with van der Waals surface area (Å²) in [6, 6.07) is 10.1. The molecule has 1 aromatic carbocycles. The Morgan fingerprint density at radius 1 is 1.32 bits per heavy atom. The van der Waals surface area contributed by atoms with Crippen molar-refractivity contribution >= 4 is 5.91 Å². The number of nitrogens with one attached hydrogen (secondary N) is 1. The molecule has 0 fully saturated rings. The molecule has 1 N–H and O–H groups in total. The summed E-state index contributed by atoms with van der Waals surface area (Å²) < 4.78 is 1.77. The second kappa shape index (κ2) is 6.68. The highest BCUT2D eigenvalue weighted by molar-refractivity contribution is 5.75. The van der Waals surface area contributed by atoms with E-state index in [0.29, 0.717) is 19.5 Å². The van der Waals surface area contributed by atoms with Gasteiger partial charge >= 0.3 is 0 Å². The van der Waals surface area contributed by atoms with Gasteiger partial charge in [0, 0.05) is 6.42 Å². The van der Waals surface area contributed by atoms with E-state index in [1.165, 1.54) is 5.56 Å². The predicted octanol–water partition coefficient (Wildman–Crippen LogP) is 1.74. The Kier molecular flexibility index (Phi) is 4.66. The molecule has 2 rings (SSSR count). The summed E-state index contributed by atoms with van der Waals surface area (Å²) in [4.78, 5) is 11.3. The van der Waals surface area contributed by atoms with E-state index in [4.69, 9.17) is 0 Å². The molecule has 0 aliphatic heterocycles. The maximum Gasteiger partial charge on any atom is 0.220 e. The minimum absolute atomic E-state index is 0.0557. The van der Waals surface area contributed by atoms with Gasteiger partial charge in [-0.25, -0.2) is 4.68 Å². The highest BCUT2D eigenvalue weighted by atomic mass is 16.1. The Morgan fingerprint density at radius 3 is 2.84 bits per heavy atom. The average molecular weight is 258 g/mol. The third-order valence-electron chi connectivity index (χ3n) is 2.72. The van der Waals surface area contributed by atoms with Crippen LogP contribution in [0.2, 0.25) is 0 Å². The van der Waals surface area contributed by atoms with Crippen molar-refractivity contribution in [2.24, 2.45) is 0 Å². The molecule has 5 heteroatoms. The van der Waals surface area contributed by atoms with Crippen LogP contribution in [0.3, 0.4) is 0 Å². The Morgan fingerprint density at radius 2 is 2.11 bits per heavy atom. The van der Waals surface area contributed by atoms with Crippen LogP contribution in [-0.4, -0.2) is 20.9 Å². The van der Waals surface area contributed by atoms with Gasteiger partial charge in [-0.15, -0.1) is 5.10 Å². The largest absolute Gasteiger partial charge is 0.350 e. The Balaban J connectivity index is 1.87.